The normalized spacial score (nSPS) is 12.0. The molecule has 4 nitrogen and oxygen atoms in total. The van der Waals surface area contributed by atoms with E-state index in [0.29, 0.717) is 23.5 Å². The summed E-state index contributed by atoms with van der Waals surface area (Å²) in [6.45, 7) is 3.06. The highest BCUT2D eigenvalue weighted by Gasteiger charge is 2.13. The molecule has 0 bridgehead atoms. The Kier molecular flexibility index (Phi) is 6.24. The van der Waals surface area contributed by atoms with Crippen LogP contribution in [-0.2, 0) is 11.3 Å². The minimum Gasteiger partial charge on any atom is -0.383 e. The molecule has 26 heavy (non-hydrogen) atoms. The van der Waals surface area contributed by atoms with E-state index in [2.05, 4.69) is 4.99 Å². The lowest BCUT2D eigenvalue weighted by atomic mass is 10.2. The van der Waals surface area contributed by atoms with Crippen molar-refractivity contribution in [3.63, 3.8) is 0 Å². The van der Waals surface area contributed by atoms with Crippen LogP contribution in [0, 0.1) is 5.82 Å². The highest BCUT2D eigenvalue weighted by atomic mass is 32.2. The van der Waals surface area contributed by atoms with Gasteiger partial charge in [0, 0.05) is 18.6 Å². The fraction of sp³-hybridized carbons (Fsp3) is 0.263. The second-order valence-corrected chi connectivity index (χ2v) is 7.80. The van der Waals surface area contributed by atoms with Gasteiger partial charge in [0.1, 0.15) is 5.82 Å². The van der Waals surface area contributed by atoms with Gasteiger partial charge < -0.3 is 9.30 Å². The van der Waals surface area contributed by atoms with Crippen molar-refractivity contribution in [2.45, 2.75) is 18.4 Å². The predicted molar refractivity (Wildman–Crippen MR) is 104 cm³/mol. The zero-order valence-electron chi connectivity index (χ0n) is 14.6. The number of methoxy groups -OCH3 is 1. The first-order valence-corrected chi connectivity index (χ1v) is 10.0. The van der Waals surface area contributed by atoms with Crippen molar-refractivity contribution in [1.29, 1.82) is 0 Å². The lowest BCUT2D eigenvalue weighted by molar-refractivity contribution is 0.0994. The minimum atomic E-state index is -0.305. The number of hydrogen-bond acceptors (Lipinski definition) is 4. The van der Waals surface area contributed by atoms with Crippen LogP contribution in [0.25, 0.3) is 10.2 Å². The lowest BCUT2D eigenvalue weighted by Gasteiger charge is -2.05. The minimum absolute atomic E-state index is 0.292. The van der Waals surface area contributed by atoms with Gasteiger partial charge in [0.15, 0.2) is 4.80 Å². The zero-order chi connectivity index (χ0) is 18.5. The van der Waals surface area contributed by atoms with Gasteiger partial charge in [-0.3, -0.25) is 4.79 Å². The number of fused-ring (bicyclic) bond motifs is 1. The number of nitrogens with zero attached hydrogens (tertiary/aromatic N) is 2. The maximum absolute atomic E-state index is 13.6. The number of thiazole rings is 1. The van der Waals surface area contributed by atoms with Gasteiger partial charge in [-0.2, -0.15) is 4.99 Å². The summed E-state index contributed by atoms with van der Waals surface area (Å²) in [6.07, 6.45) is 0. The molecule has 0 radical (unpaired) electrons. The summed E-state index contributed by atoms with van der Waals surface area (Å²) < 4.78 is 21.4. The first-order chi connectivity index (χ1) is 12.6. The van der Waals surface area contributed by atoms with Gasteiger partial charge in [-0.1, -0.05) is 30.4 Å². The van der Waals surface area contributed by atoms with Crippen molar-refractivity contribution in [3.05, 3.63) is 58.6 Å². The van der Waals surface area contributed by atoms with Gasteiger partial charge in [-0.05, 0) is 36.1 Å². The van der Waals surface area contributed by atoms with Crippen LogP contribution in [0.1, 0.15) is 17.3 Å². The van der Waals surface area contributed by atoms with Crippen molar-refractivity contribution in [2.75, 3.05) is 19.5 Å². The first kappa shape index (κ1) is 18.8. The molecule has 0 atom stereocenters. The molecule has 1 aromatic heterocycles. The molecular weight excluding hydrogens is 371 g/mol. The number of amides is 1. The van der Waals surface area contributed by atoms with Crippen LogP contribution in [0.2, 0.25) is 0 Å². The molecule has 0 fully saturated rings. The molecule has 0 saturated carbocycles. The largest absolute Gasteiger partial charge is 0.383 e. The molecule has 0 saturated heterocycles. The monoisotopic (exact) mass is 390 g/mol. The van der Waals surface area contributed by atoms with Crippen LogP contribution in [0.4, 0.5) is 4.39 Å². The molecule has 0 aliphatic rings. The van der Waals surface area contributed by atoms with E-state index in [1.54, 1.807) is 31.0 Å². The van der Waals surface area contributed by atoms with Crippen LogP contribution in [0.15, 0.2) is 52.4 Å². The highest BCUT2D eigenvalue weighted by molar-refractivity contribution is 7.99. The van der Waals surface area contributed by atoms with Crippen molar-refractivity contribution in [2.24, 2.45) is 4.99 Å². The summed E-state index contributed by atoms with van der Waals surface area (Å²) in [6, 6.07) is 12.1. The number of carbonyl (C=O) groups is 1. The molecule has 0 aliphatic heterocycles. The number of rotatable bonds is 6. The van der Waals surface area contributed by atoms with Crippen LogP contribution >= 0.6 is 23.1 Å². The first-order valence-electron chi connectivity index (χ1n) is 8.22. The summed E-state index contributed by atoms with van der Waals surface area (Å²) in [5.74, 6) is 0.278. The molecule has 3 aromatic rings. The molecule has 7 heteroatoms. The predicted octanol–water partition coefficient (Wildman–Crippen LogP) is 4.34. The lowest BCUT2D eigenvalue weighted by Crippen LogP contribution is -2.19. The Morgan fingerprint density at radius 3 is 2.88 bits per heavy atom. The number of aromatic nitrogens is 1. The standard InChI is InChI=1S/C19H19FN2O2S2/c1-3-25-16-7-5-4-6-14(16)18(23)21-19-22(10-11-24-2)15-9-8-13(20)12-17(15)26-19/h4-9,12H,3,10-11H2,1-2H3. The van der Waals surface area contributed by atoms with E-state index < -0.39 is 0 Å². The van der Waals surface area contributed by atoms with Gasteiger partial charge in [0.25, 0.3) is 5.91 Å². The van der Waals surface area contributed by atoms with E-state index in [-0.39, 0.29) is 11.7 Å². The van der Waals surface area contributed by atoms with Crippen molar-refractivity contribution in [1.82, 2.24) is 4.57 Å². The van der Waals surface area contributed by atoms with Crippen LogP contribution in [0.5, 0.6) is 0 Å². The zero-order valence-corrected chi connectivity index (χ0v) is 16.2. The maximum Gasteiger partial charge on any atom is 0.280 e. The van der Waals surface area contributed by atoms with Crippen LogP contribution < -0.4 is 4.80 Å². The molecular formula is C19H19FN2O2S2. The van der Waals surface area contributed by atoms with E-state index >= 15 is 0 Å². The number of hydrogen-bond donors (Lipinski definition) is 0. The van der Waals surface area contributed by atoms with Gasteiger partial charge in [0.05, 0.1) is 22.4 Å². The Morgan fingerprint density at radius 2 is 2.12 bits per heavy atom. The summed E-state index contributed by atoms with van der Waals surface area (Å²) in [4.78, 5) is 18.6. The van der Waals surface area contributed by atoms with Gasteiger partial charge >= 0.3 is 0 Å². The van der Waals surface area contributed by atoms with E-state index in [0.717, 1.165) is 20.9 Å². The van der Waals surface area contributed by atoms with Crippen LogP contribution in [0.3, 0.4) is 0 Å². The van der Waals surface area contributed by atoms with Crippen LogP contribution in [-0.4, -0.2) is 29.9 Å². The van der Waals surface area contributed by atoms with Gasteiger partial charge in [-0.15, -0.1) is 11.8 Å². The van der Waals surface area contributed by atoms with Gasteiger partial charge in [-0.25, -0.2) is 4.39 Å². The molecule has 136 valence electrons. The third kappa shape index (κ3) is 4.06. The molecule has 0 aliphatic carbocycles. The molecule has 0 unspecified atom stereocenters. The highest BCUT2D eigenvalue weighted by Crippen LogP contribution is 2.23. The van der Waals surface area contributed by atoms with Crippen molar-refractivity contribution in [3.8, 4) is 0 Å². The Balaban J connectivity index is 2.10. The Bertz CT molecular complexity index is 995. The summed E-state index contributed by atoms with van der Waals surface area (Å²) >= 11 is 2.92. The van der Waals surface area contributed by atoms with E-state index in [1.165, 1.54) is 23.5 Å². The quantitative estimate of drug-likeness (QED) is 0.588. The average molecular weight is 391 g/mol. The molecule has 2 aromatic carbocycles. The Labute approximate surface area is 159 Å². The fourth-order valence-corrected chi connectivity index (χ4v) is 4.48. The number of carbonyl (C=O) groups excluding carboxylic acids is 1. The van der Waals surface area contributed by atoms with Gasteiger partial charge in [0.2, 0.25) is 0 Å². The second-order valence-electron chi connectivity index (χ2n) is 5.49. The third-order valence-corrected chi connectivity index (χ3v) is 5.78. The number of benzene rings is 2. The molecule has 0 spiro atoms. The summed E-state index contributed by atoms with van der Waals surface area (Å²) in [7, 11) is 1.62. The third-order valence-electron chi connectivity index (χ3n) is 3.78. The fourth-order valence-electron chi connectivity index (χ4n) is 2.60. The topological polar surface area (TPSA) is 43.6 Å². The summed E-state index contributed by atoms with van der Waals surface area (Å²) in [5.41, 5.74) is 1.43. The molecule has 1 amide bonds. The SMILES string of the molecule is CCSc1ccccc1C(=O)N=c1sc2cc(F)ccc2n1CCOC. The van der Waals surface area contributed by atoms with Crippen molar-refractivity contribution >= 4 is 39.2 Å². The summed E-state index contributed by atoms with van der Waals surface area (Å²) in [5, 5.41) is 0. The van der Waals surface area contributed by atoms with E-state index in [1.807, 2.05) is 29.7 Å². The number of thioether (sulfide) groups is 1. The second kappa shape index (κ2) is 8.62. The molecule has 1 heterocycles. The van der Waals surface area contributed by atoms with E-state index in [4.69, 9.17) is 4.74 Å². The Morgan fingerprint density at radius 1 is 1.31 bits per heavy atom. The molecule has 0 N–H and O–H groups in total. The number of halogens is 1. The number of ether oxygens (including phenoxy) is 1. The maximum atomic E-state index is 13.6. The average Bonchev–Trinajstić information content (AvgIpc) is 2.96. The Hall–Kier alpha value is -1.96. The molecule has 3 rings (SSSR count). The smallest absolute Gasteiger partial charge is 0.280 e. The van der Waals surface area contributed by atoms with Crippen molar-refractivity contribution < 1.29 is 13.9 Å². The van der Waals surface area contributed by atoms with E-state index in [9.17, 15) is 9.18 Å².